The van der Waals surface area contributed by atoms with Crippen LogP contribution in [0.25, 0.3) is 0 Å². The van der Waals surface area contributed by atoms with Gasteiger partial charge in [-0.25, -0.2) is 0 Å². The minimum Gasteiger partial charge on any atom is -0.481 e. The molecule has 4 rings (SSSR count). The van der Waals surface area contributed by atoms with E-state index in [1.165, 1.54) is 19.3 Å². The molecule has 0 spiro atoms. The molecule has 4 aliphatic rings. The molecule has 0 aromatic carbocycles. The van der Waals surface area contributed by atoms with Crippen LogP contribution in [0.2, 0.25) is 0 Å². The summed E-state index contributed by atoms with van der Waals surface area (Å²) in [6.45, 7) is 0. The van der Waals surface area contributed by atoms with Gasteiger partial charge in [-0.05, 0) is 61.2 Å². The molecule has 0 aromatic rings. The molecule has 0 heterocycles. The summed E-state index contributed by atoms with van der Waals surface area (Å²) in [5.74, 6) is -0.231. The van der Waals surface area contributed by atoms with Crippen molar-refractivity contribution in [2.45, 2.75) is 25.7 Å². The Kier molecular flexibility index (Phi) is 1.97. The van der Waals surface area contributed by atoms with Crippen molar-refractivity contribution < 1.29 is 19.8 Å². The molecule has 4 nitrogen and oxygen atoms in total. The number of carbonyl (C=O) groups is 2. The Morgan fingerprint density at radius 1 is 0.778 bits per heavy atom. The highest BCUT2D eigenvalue weighted by Crippen LogP contribution is 2.70. The number of fused-ring (bicyclic) bond motifs is 9. The van der Waals surface area contributed by atoms with Gasteiger partial charge in [0.05, 0.1) is 11.8 Å². The Bertz CT molecular complexity index is 394. The van der Waals surface area contributed by atoms with Crippen LogP contribution < -0.4 is 0 Å². The maximum Gasteiger partial charge on any atom is 0.307 e. The summed E-state index contributed by atoms with van der Waals surface area (Å²) >= 11 is 0. The molecule has 0 aromatic heterocycles. The molecule has 4 fully saturated rings. The molecule has 0 saturated heterocycles. The zero-order valence-electron chi connectivity index (χ0n) is 10.2. The number of hydrogen-bond acceptors (Lipinski definition) is 2. The maximum atomic E-state index is 11.4. The van der Waals surface area contributed by atoms with Gasteiger partial charge in [0.15, 0.2) is 0 Å². The van der Waals surface area contributed by atoms with Gasteiger partial charge in [0.25, 0.3) is 0 Å². The Balaban J connectivity index is 1.74. The van der Waals surface area contributed by atoms with E-state index in [1.807, 2.05) is 0 Å². The lowest BCUT2D eigenvalue weighted by molar-refractivity contribution is -0.159. The van der Waals surface area contributed by atoms with Gasteiger partial charge >= 0.3 is 11.9 Å². The number of rotatable bonds is 2. The summed E-state index contributed by atoms with van der Waals surface area (Å²) in [6, 6.07) is 0. The van der Waals surface area contributed by atoms with Crippen LogP contribution in [0.15, 0.2) is 0 Å². The minimum atomic E-state index is -0.879. The summed E-state index contributed by atoms with van der Waals surface area (Å²) in [4.78, 5) is 22.9. The monoisotopic (exact) mass is 250 g/mol. The molecule has 8 atom stereocenters. The predicted molar refractivity (Wildman–Crippen MR) is 61.7 cm³/mol. The first kappa shape index (κ1) is 10.8. The minimum absolute atomic E-state index is 0.147. The number of carboxylic acid groups (broad SMARTS) is 2. The van der Waals surface area contributed by atoms with E-state index in [-0.39, 0.29) is 11.8 Å². The van der Waals surface area contributed by atoms with Gasteiger partial charge in [-0.2, -0.15) is 0 Å². The van der Waals surface area contributed by atoms with E-state index in [0.29, 0.717) is 23.7 Å². The van der Waals surface area contributed by atoms with Gasteiger partial charge in [0, 0.05) is 0 Å². The lowest BCUT2D eigenvalue weighted by atomic mass is 9.63. The molecular weight excluding hydrogens is 232 g/mol. The van der Waals surface area contributed by atoms with E-state index in [2.05, 4.69) is 0 Å². The van der Waals surface area contributed by atoms with Crippen LogP contribution >= 0.6 is 0 Å². The van der Waals surface area contributed by atoms with E-state index in [1.54, 1.807) is 0 Å². The Morgan fingerprint density at radius 2 is 1.22 bits per heavy atom. The summed E-state index contributed by atoms with van der Waals surface area (Å²) in [7, 11) is 0. The molecule has 4 bridgehead atoms. The van der Waals surface area contributed by atoms with Crippen molar-refractivity contribution in [1.29, 1.82) is 0 Å². The van der Waals surface area contributed by atoms with Crippen LogP contribution in [0.1, 0.15) is 25.7 Å². The second-order valence-corrected chi connectivity index (χ2v) is 6.78. The molecule has 0 aliphatic heterocycles. The lowest BCUT2D eigenvalue weighted by Gasteiger charge is -2.40. The molecule has 8 unspecified atom stereocenters. The normalized spacial score (nSPS) is 55.8. The van der Waals surface area contributed by atoms with Crippen LogP contribution in [0.5, 0.6) is 0 Å². The fraction of sp³-hybridized carbons (Fsp3) is 0.857. The van der Waals surface area contributed by atoms with E-state index < -0.39 is 23.8 Å². The van der Waals surface area contributed by atoms with Gasteiger partial charge in [-0.1, -0.05) is 0 Å². The highest BCUT2D eigenvalue weighted by molar-refractivity contribution is 5.82. The van der Waals surface area contributed by atoms with Crippen molar-refractivity contribution in [3.63, 3.8) is 0 Å². The number of carboxylic acids is 2. The van der Waals surface area contributed by atoms with Crippen LogP contribution in [-0.4, -0.2) is 22.2 Å². The first-order valence-corrected chi connectivity index (χ1v) is 7.05. The zero-order chi connectivity index (χ0) is 12.6. The highest BCUT2D eigenvalue weighted by atomic mass is 16.4. The first-order valence-electron chi connectivity index (χ1n) is 7.05. The van der Waals surface area contributed by atoms with Crippen molar-refractivity contribution in [3.8, 4) is 0 Å². The average molecular weight is 250 g/mol. The van der Waals surface area contributed by atoms with E-state index >= 15 is 0 Å². The Labute approximate surface area is 105 Å². The second-order valence-electron chi connectivity index (χ2n) is 6.78. The Morgan fingerprint density at radius 3 is 1.61 bits per heavy atom. The molecule has 0 radical (unpaired) electrons. The zero-order valence-corrected chi connectivity index (χ0v) is 10.2. The van der Waals surface area contributed by atoms with Crippen LogP contribution in [0.3, 0.4) is 0 Å². The summed E-state index contributed by atoms with van der Waals surface area (Å²) < 4.78 is 0. The molecule has 4 aliphatic carbocycles. The van der Waals surface area contributed by atoms with Crippen LogP contribution in [-0.2, 0) is 9.59 Å². The SMILES string of the molecule is O=C(O)C1C2CC(C1C(=O)O)C1C3CCC(C3)C21. The average Bonchev–Trinajstić information content (AvgIpc) is 3.04. The summed E-state index contributed by atoms with van der Waals surface area (Å²) in [6.07, 6.45) is 4.59. The predicted octanol–water partition coefficient (Wildman–Crippen LogP) is 1.70. The Hall–Kier alpha value is -1.06. The van der Waals surface area contributed by atoms with Gasteiger partial charge in [0.2, 0.25) is 0 Å². The van der Waals surface area contributed by atoms with Gasteiger partial charge in [-0.15, -0.1) is 0 Å². The third-order valence-corrected chi connectivity index (χ3v) is 6.46. The largest absolute Gasteiger partial charge is 0.481 e. The van der Waals surface area contributed by atoms with Crippen LogP contribution in [0, 0.1) is 47.3 Å². The van der Waals surface area contributed by atoms with Crippen molar-refractivity contribution in [1.82, 2.24) is 0 Å². The van der Waals surface area contributed by atoms with Gasteiger partial charge < -0.3 is 10.2 Å². The molecule has 0 amide bonds. The van der Waals surface area contributed by atoms with Gasteiger partial charge in [0.1, 0.15) is 0 Å². The summed E-state index contributed by atoms with van der Waals surface area (Å²) in [5, 5.41) is 18.8. The quantitative estimate of drug-likeness (QED) is 0.731. The molecule has 2 N–H and O–H groups in total. The number of hydrogen-bond donors (Lipinski definition) is 2. The standard InChI is InChI=1S/C14H18O4/c15-13(16)11-7-4-8(12(11)14(17)18)10-6-2-1-5(3-6)9(7)10/h5-12H,1-4H2,(H,15,16)(H,17,18). The summed E-state index contributed by atoms with van der Waals surface area (Å²) in [5.41, 5.74) is 0. The van der Waals surface area contributed by atoms with Crippen molar-refractivity contribution in [3.05, 3.63) is 0 Å². The molecule has 98 valence electrons. The second kappa shape index (κ2) is 3.28. The van der Waals surface area contributed by atoms with Crippen molar-refractivity contribution >= 4 is 11.9 Å². The molecule has 4 heteroatoms. The topological polar surface area (TPSA) is 74.6 Å². The molecule has 4 saturated carbocycles. The third kappa shape index (κ3) is 1.08. The van der Waals surface area contributed by atoms with Crippen LogP contribution in [0.4, 0.5) is 0 Å². The third-order valence-electron chi connectivity index (χ3n) is 6.46. The first-order chi connectivity index (χ1) is 8.59. The van der Waals surface area contributed by atoms with Crippen molar-refractivity contribution in [2.75, 3.05) is 0 Å². The van der Waals surface area contributed by atoms with Gasteiger partial charge in [-0.3, -0.25) is 9.59 Å². The highest BCUT2D eigenvalue weighted by Gasteiger charge is 2.68. The van der Waals surface area contributed by atoms with E-state index in [4.69, 9.17) is 0 Å². The van der Waals surface area contributed by atoms with Crippen molar-refractivity contribution in [2.24, 2.45) is 47.3 Å². The fourth-order valence-electron chi connectivity index (χ4n) is 6.26. The lowest BCUT2D eigenvalue weighted by Crippen LogP contribution is -2.44. The fourth-order valence-corrected chi connectivity index (χ4v) is 6.26. The van der Waals surface area contributed by atoms with E-state index in [0.717, 1.165) is 6.42 Å². The van der Waals surface area contributed by atoms with E-state index in [9.17, 15) is 19.8 Å². The smallest absolute Gasteiger partial charge is 0.307 e. The maximum absolute atomic E-state index is 11.4. The molecule has 18 heavy (non-hydrogen) atoms. The molecular formula is C14H18O4. The number of aliphatic carboxylic acids is 2.